The second-order valence-electron chi connectivity index (χ2n) is 4.72. The van der Waals surface area contributed by atoms with Crippen LogP contribution >= 0.6 is 0 Å². The summed E-state index contributed by atoms with van der Waals surface area (Å²) in [5, 5.41) is 0. The van der Waals surface area contributed by atoms with Gasteiger partial charge in [-0.3, -0.25) is 4.79 Å². The molecular formula is C13H16N2O3. The van der Waals surface area contributed by atoms with Crippen molar-refractivity contribution in [3.05, 3.63) is 23.8 Å². The van der Waals surface area contributed by atoms with Gasteiger partial charge in [0.2, 0.25) is 5.91 Å². The molecule has 5 heteroatoms. The van der Waals surface area contributed by atoms with Crippen LogP contribution in [-0.2, 0) is 11.3 Å². The fourth-order valence-corrected chi connectivity index (χ4v) is 2.36. The van der Waals surface area contributed by atoms with Crippen molar-refractivity contribution in [3.63, 3.8) is 0 Å². The molecule has 0 saturated carbocycles. The third-order valence-electron chi connectivity index (χ3n) is 3.22. The molecule has 2 heterocycles. The molecule has 5 nitrogen and oxygen atoms in total. The van der Waals surface area contributed by atoms with E-state index in [1.807, 2.05) is 18.2 Å². The monoisotopic (exact) mass is 248 g/mol. The zero-order valence-corrected chi connectivity index (χ0v) is 10.1. The quantitative estimate of drug-likeness (QED) is 0.828. The molecule has 1 aromatic carbocycles. The van der Waals surface area contributed by atoms with Crippen molar-refractivity contribution in [2.45, 2.75) is 19.0 Å². The fraction of sp³-hybridized carbons (Fsp3) is 0.462. The van der Waals surface area contributed by atoms with E-state index in [9.17, 15) is 4.79 Å². The summed E-state index contributed by atoms with van der Waals surface area (Å²) in [4.78, 5) is 13.5. The number of benzene rings is 1. The largest absolute Gasteiger partial charge is 0.486 e. The van der Waals surface area contributed by atoms with E-state index in [1.165, 1.54) is 0 Å². The van der Waals surface area contributed by atoms with Crippen molar-refractivity contribution in [2.75, 3.05) is 19.8 Å². The van der Waals surface area contributed by atoms with Gasteiger partial charge in [-0.05, 0) is 17.7 Å². The van der Waals surface area contributed by atoms with Crippen LogP contribution < -0.4 is 15.2 Å². The van der Waals surface area contributed by atoms with Crippen molar-refractivity contribution < 1.29 is 14.3 Å². The maximum absolute atomic E-state index is 11.7. The molecule has 0 spiro atoms. The summed E-state index contributed by atoms with van der Waals surface area (Å²) in [5.74, 6) is 1.65. The lowest BCUT2D eigenvalue weighted by atomic mass is 10.2. The van der Waals surface area contributed by atoms with E-state index in [-0.39, 0.29) is 11.9 Å². The molecule has 3 rings (SSSR count). The zero-order valence-electron chi connectivity index (χ0n) is 10.1. The summed E-state index contributed by atoms with van der Waals surface area (Å²) >= 11 is 0. The molecule has 2 aliphatic rings. The molecule has 1 saturated heterocycles. The van der Waals surface area contributed by atoms with Gasteiger partial charge < -0.3 is 20.1 Å². The lowest BCUT2D eigenvalue weighted by Gasteiger charge is -2.21. The number of carbonyl (C=O) groups is 1. The summed E-state index contributed by atoms with van der Waals surface area (Å²) in [5.41, 5.74) is 6.82. The first-order chi connectivity index (χ1) is 8.72. The number of ether oxygens (including phenoxy) is 2. The summed E-state index contributed by atoms with van der Waals surface area (Å²) in [7, 11) is 0. The van der Waals surface area contributed by atoms with Crippen LogP contribution in [0.5, 0.6) is 11.5 Å². The Kier molecular flexibility index (Phi) is 2.83. The number of fused-ring (bicyclic) bond motifs is 1. The Hall–Kier alpha value is -1.75. The summed E-state index contributed by atoms with van der Waals surface area (Å²) in [6, 6.07) is 5.76. The molecule has 1 atom stereocenters. The van der Waals surface area contributed by atoms with Gasteiger partial charge in [-0.15, -0.1) is 0 Å². The number of hydrogen-bond acceptors (Lipinski definition) is 4. The normalized spacial score (nSPS) is 22.4. The van der Waals surface area contributed by atoms with Crippen LogP contribution in [0.2, 0.25) is 0 Å². The highest BCUT2D eigenvalue weighted by molar-refractivity contribution is 5.79. The van der Waals surface area contributed by atoms with Crippen molar-refractivity contribution in [3.8, 4) is 11.5 Å². The SMILES string of the molecule is NC1CC(=O)N(Cc2ccc3c(c2)OCCO3)C1. The number of amides is 1. The molecule has 18 heavy (non-hydrogen) atoms. The number of carbonyl (C=O) groups excluding carboxylic acids is 1. The second kappa shape index (κ2) is 4.49. The Bertz CT molecular complexity index is 475. The molecule has 0 radical (unpaired) electrons. The Morgan fingerprint density at radius 2 is 2.06 bits per heavy atom. The third kappa shape index (κ3) is 2.13. The Morgan fingerprint density at radius 3 is 2.78 bits per heavy atom. The van der Waals surface area contributed by atoms with Gasteiger partial charge in [0, 0.05) is 25.6 Å². The van der Waals surface area contributed by atoms with E-state index in [2.05, 4.69) is 0 Å². The highest BCUT2D eigenvalue weighted by atomic mass is 16.6. The standard InChI is InChI=1S/C13H16N2O3/c14-10-6-13(16)15(8-10)7-9-1-2-11-12(5-9)18-4-3-17-11/h1-2,5,10H,3-4,6-8,14H2. The molecule has 0 aliphatic carbocycles. The molecule has 0 aromatic heterocycles. The van der Waals surface area contributed by atoms with Gasteiger partial charge in [0.15, 0.2) is 11.5 Å². The maximum atomic E-state index is 11.7. The summed E-state index contributed by atoms with van der Waals surface area (Å²) in [6.07, 6.45) is 0.449. The van der Waals surface area contributed by atoms with Gasteiger partial charge in [-0.1, -0.05) is 6.07 Å². The number of nitrogens with two attached hydrogens (primary N) is 1. The van der Waals surface area contributed by atoms with Crippen LogP contribution in [0.1, 0.15) is 12.0 Å². The minimum Gasteiger partial charge on any atom is -0.486 e. The number of nitrogens with zero attached hydrogens (tertiary/aromatic N) is 1. The van der Waals surface area contributed by atoms with Crippen LogP contribution in [-0.4, -0.2) is 36.6 Å². The minimum absolute atomic E-state index is 0.0327. The first-order valence-electron chi connectivity index (χ1n) is 6.14. The molecular weight excluding hydrogens is 232 g/mol. The molecule has 0 bridgehead atoms. The molecule has 1 fully saturated rings. The molecule has 96 valence electrons. The molecule has 1 unspecified atom stereocenters. The smallest absolute Gasteiger partial charge is 0.224 e. The van der Waals surface area contributed by atoms with Crippen molar-refractivity contribution in [2.24, 2.45) is 5.73 Å². The highest BCUT2D eigenvalue weighted by Crippen LogP contribution is 2.31. The molecule has 2 N–H and O–H groups in total. The topological polar surface area (TPSA) is 64.8 Å². The number of rotatable bonds is 2. The highest BCUT2D eigenvalue weighted by Gasteiger charge is 2.27. The van der Waals surface area contributed by atoms with Crippen LogP contribution in [0.25, 0.3) is 0 Å². The Labute approximate surface area is 105 Å². The van der Waals surface area contributed by atoms with E-state index < -0.39 is 0 Å². The lowest BCUT2D eigenvalue weighted by molar-refractivity contribution is -0.128. The summed E-state index contributed by atoms with van der Waals surface area (Å²) in [6.45, 7) is 2.38. The van der Waals surface area contributed by atoms with Gasteiger partial charge >= 0.3 is 0 Å². The van der Waals surface area contributed by atoms with E-state index in [0.717, 1.165) is 17.1 Å². The maximum Gasteiger partial charge on any atom is 0.224 e. The first kappa shape index (κ1) is 11.3. The summed E-state index contributed by atoms with van der Waals surface area (Å²) < 4.78 is 11.0. The molecule has 1 amide bonds. The van der Waals surface area contributed by atoms with Gasteiger partial charge in [-0.25, -0.2) is 0 Å². The Morgan fingerprint density at radius 1 is 1.28 bits per heavy atom. The number of hydrogen-bond donors (Lipinski definition) is 1. The van der Waals surface area contributed by atoms with Crippen LogP contribution in [0.4, 0.5) is 0 Å². The second-order valence-corrected chi connectivity index (χ2v) is 4.72. The van der Waals surface area contributed by atoms with Gasteiger partial charge in [0.1, 0.15) is 13.2 Å². The average Bonchev–Trinajstić information content (AvgIpc) is 2.68. The van der Waals surface area contributed by atoms with Crippen LogP contribution in [0.15, 0.2) is 18.2 Å². The predicted octanol–water partition coefficient (Wildman–Crippen LogP) is 0.517. The number of likely N-dealkylation sites (tertiary alicyclic amines) is 1. The van der Waals surface area contributed by atoms with Crippen molar-refractivity contribution in [1.29, 1.82) is 0 Å². The van der Waals surface area contributed by atoms with Crippen LogP contribution in [0, 0.1) is 0 Å². The zero-order chi connectivity index (χ0) is 12.5. The van der Waals surface area contributed by atoms with E-state index in [1.54, 1.807) is 4.90 Å². The van der Waals surface area contributed by atoms with E-state index in [4.69, 9.17) is 15.2 Å². The first-order valence-corrected chi connectivity index (χ1v) is 6.14. The van der Waals surface area contributed by atoms with Crippen molar-refractivity contribution in [1.82, 2.24) is 4.90 Å². The van der Waals surface area contributed by atoms with Gasteiger partial charge in [0.05, 0.1) is 0 Å². The van der Waals surface area contributed by atoms with Gasteiger partial charge in [0.25, 0.3) is 0 Å². The lowest BCUT2D eigenvalue weighted by Crippen LogP contribution is -2.27. The molecule has 2 aliphatic heterocycles. The fourth-order valence-electron chi connectivity index (χ4n) is 2.36. The third-order valence-corrected chi connectivity index (χ3v) is 3.22. The Balaban J connectivity index is 1.75. The predicted molar refractivity (Wildman–Crippen MR) is 65.4 cm³/mol. The molecule has 1 aromatic rings. The van der Waals surface area contributed by atoms with E-state index in [0.29, 0.717) is 32.7 Å². The minimum atomic E-state index is -0.0327. The van der Waals surface area contributed by atoms with Crippen LogP contribution in [0.3, 0.4) is 0 Å². The van der Waals surface area contributed by atoms with Crippen molar-refractivity contribution >= 4 is 5.91 Å². The van der Waals surface area contributed by atoms with E-state index >= 15 is 0 Å². The average molecular weight is 248 g/mol. The van der Waals surface area contributed by atoms with Gasteiger partial charge in [-0.2, -0.15) is 0 Å².